The average Bonchev–Trinajstić information content (AvgIpc) is 2.89. The van der Waals surface area contributed by atoms with E-state index in [1.54, 1.807) is 18.7 Å². The number of benzene rings is 2. The summed E-state index contributed by atoms with van der Waals surface area (Å²) in [5.74, 6) is -0.556. The minimum atomic E-state index is -0.556. The van der Waals surface area contributed by atoms with Crippen LogP contribution in [0.3, 0.4) is 0 Å². The molecular weight excluding hydrogens is 334 g/mol. The SMILES string of the molecule is C/C(=N/O)c1ccc(Sc2cccc(C3(C)COC(C)(C)O3)c2)cc1. The van der Waals surface area contributed by atoms with Crippen LogP contribution in [-0.2, 0) is 15.1 Å². The highest BCUT2D eigenvalue weighted by molar-refractivity contribution is 7.99. The quantitative estimate of drug-likeness (QED) is 0.473. The minimum absolute atomic E-state index is 0.432. The standard InChI is InChI=1S/C20H23NO3S/c1-14(21-22)15-8-10-17(11-9-15)25-18-7-5-6-16(12-18)20(4)13-23-19(2,3)24-20/h5-12,22H,13H2,1-4H3/b21-14-. The molecule has 2 aromatic carbocycles. The molecule has 0 aliphatic carbocycles. The second-order valence-corrected chi connectivity index (χ2v) is 8.01. The van der Waals surface area contributed by atoms with E-state index in [1.165, 1.54) is 0 Å². The smallest absolute Gasteiger partial charge is 0.164 e. The van der Waals surface area contributed by atoms with Crippen LogP contribution in [0.1, 0.15) is 38.8 Å². The Balaban J connectivity index is 1.78. The van der Waals surface area contributed by atoms with Gasteiger partial charge in [-0.2, -0.15) is 0 Å². The van der Waals surface area contributed by atoms with Gasteiger partial charge in [-0.25, -0.2) is 0 Å². The zero-order chi connectivity index (χ0) is 18.1. The maximum atomic E-state index is 8.85. The summed E-state index contributed by atoms with van der Waals surface area (Å²) < 4.78 is 11.9. The highest BCUT2D eigenvalue weighted by atomic mass is 32.2. The molecule has 0 spiro atoms. The van der Waals surface area contributed by atoms with Crippen molar-refractivity contribution in [3.8, 4) is 0 Å². The maximum Gasteiger partial charge on any atom is 0.164 e. The molecule has 1 atom stereocenters. The Bertz CT molecular complexity index is 786. The fourth-order valence-electron chi connectivity index (χ4n) is 2.90. The van der Waals surface area contributed by atoms with E-state index in [-0.39, 0.29) is 0 Å². The molecule has 1 aliphatic rings. The fraction of sp³-hybridized carbons (Fsp3) is 0.350. The lowest BCUT2D eigenvalue weighted by Crippen LogP contribution is -2.28. The van der Waals surface area contributed by atoms with Crippen LogP contribution in [0.5, 0.6) is 0 Å². The highest BCUT2D eigenvalue weighted by Crippen LogP contribution is 2.40. The number of nitrogens with zero attached hydrogens (tertiary/aromatic N) is 1. The van der Waals surface area contributed by atoms with Crippen LogP contribution < -0.4 is 0 Å². The molecule has 25 heavy (non-hydrogen) atoms. The lowest BCUT2D eigenvalue weighted by Gasteiger charge is -2.26. The van der Waals surface area contributed by atoms with E-state index < -0.39 is 11.4 Å². The van der Waals surface area contributed by atoms with Crippen molar-refractivity contribution in [1.82, 2.24) is 0 Å². The zero-order valence-electron chi connectivity index (χ0n) is 14.9. The predicted octanol–water partition coefficient (Wildman–Crippen LogP) is 5.03. The summed E-state index contributed by atoms with van der Waals surface area (Å²) in [5.41, 5.74) is 2.20. The van der Waals surface area contributed by atoms with Crippen LogP contribution >= 0.6 is 11.8 Å². The Kier molecular flexibility index (Phi) is 4.91. The van der Waals surface area contributed by atoms with E-state index >= 15 is 0 Å². The maximum absolute atomic E-state index is 8.85. The molecule has 1 fully saturated rings. The third-order valence-corrected chi connectivity index (χ3v) is 5.27. The first-order valence-corrected chi connectivity index (χ1v) is 9.05. The van der Waals surface area contributed by atoms with Crippen molar-refractivity contribution in [2.75, 3.05) is 6.61 Å². The molecule has 1 saturated heterocycles. The number of rotatable bonds is 4. The third-order valence-electron chi connectivity index (χ3n) is 4.27. The van der Waals surface area contributed by atoms with E-state index in [9.17, 15) is 0 Å². The first kappa shape index (κ1) is 18.0. The van der Waals surface area contributed by atoms with Gasteiger partial charge in [0.2, 0.25) is 0 Å². The molecule has 0 bridgehead atoms. The van der Waals surface area contributed by atoms with E-state index in [1.807, 2.05) is 38.1 Å². The molecule has 0 aromatic heterocycles. The minimum Gasteiger partial charge on any atom is -0.411 e. The Morgan fingerprint density at radius 3 is 2.40 bits per heavy atom. The van der Waals surface area contributed by atoms with Gasteiger partial charge in [0.05, 0.1) is 12.3 Å². The van der Waals surface area contributed by atoms with E-state index in [4.69, 9.17) is 14.7 Å². The summed E-state index contributed by atoms with van der Waals surface area (Å²) in [5, 5.41) is 12.1. The van der Waals surface area contributed by atoms with Crippen molar-refractivity contribution in [2.45, 2.75) is 48.9 Å². The molecule has 0 amide bonds. The molecule has 0 saturated carbocycles. The van der Waals surface area contributed by atoms with Gasteiger partial charge in [-0.1, -0.05) is 41.2 Å². The van der Waals surface area contributed by atoms with Crippen LogP contribution in [0.2, 0.25) is 0 Å². The zero-order valence-corrected chi connectivity index (χ0v) is 15.8. The van der Waals surface area contributed by atoms with Gasteiger partial charge < -0.3 is 14.7 Å². The van der Waals surface area contributed by atoms with Gasteiger partial charge in [-0.3, -0.25) is 0 Å². The Morgan fingerprint density at radius 2 is 1.80 bits per heavy atom. The topological polar surface area (TPSA) is 51.1 Å². The monoisotopic (exact) mass is 357 g/mol. The van der Waals surface area contributed by atoms with Gasteiger partial charge in [-0.15, -0.1) is 0 Å². The van der Waals surface area contributed by atoms with Crippen molar-refractivity contribution < 1.29 is 14.7 Å². The van der Waals surface area contributed by atoms with Crippen LogP contribution in [0.25, 0.3) is 0 Å². The molecule has 0 radical (unpaired) electrons. The molecule has 4 nitrogen and oxygen atoms in total. The number of hydrogen-bond acceptors (Lipinski definition) is 5. The first-order chi connectivity index (χ1) is 11.8. The number of oxime groups is 1. The summed E-state index contributed by atoms with van der Waals surface area (Å²) in [4.78, 5) is 2.27. The van der Waals surface area contributed by atoms with Crippen LogP contribution in [0, 0.1) is 0 Å². The predicted molar refractivity (Wildman–Crippen MR) is 99.5 cm³/mol. The van der Waals surface area contributed by atoms with Crippen molar-refractivity contribution in [3.63, 3.8) is 0 Å². The van der Waals surface area contributed by atoms with Gasteiger partial charge in [0.25, 0.3) is 0 Å². The Labute approximate surface area is 152 Å². The van der Waals surface area contributed by atoms with Crippen molar-refractivity contribution >= 4 is 17.5 Å². The summed E-state index contributed by atoms with van der Waals surface area (Å²) in [6.45, 7) is 8.27. The third kappa shape index (κ3) is 4.06. The normalized spacial score (nSPS) is 23.0. The lowest BCUT2D eigenvalue weighted by molar-refractivity contribution is -0.159. The largest absolute Gasteiger partial charge is 0.411 e. The van der Waals surface area contributed by atoms with Gasteiger partial charge >= 0.3 is 0 Å². The van der Waals surface area contributed by atoms with E-state index in [0.717, 1.165) is 20.9 Å². The first-order valence-electron chi connectivity index (χ1n) is 8.23. The number of hydrogen-bond donors (Lipinski definition) is 1. The molecule has 1 N–H and O–H groups in total. The molecule has 3 rings (SSSR count). The average molecular weight is 357 g/mol. The summed E-state index contributed by atoms with van der Waals surface area (Å²) in [6.07, 6.45) is 0. The fourth-order valence-corrected chi connectivity index (χ4v) is 3.78. The summed E-state index contributed by atoms with van der Waals surface area (Å²) >= 11 is 1.69. The molecular formula is C20H23NO3S. The molecule has 1 aliphatic heterocycles. The van der Waals surface area contributed by atoms with E-state index in [2.05, 4.69) is 36.3 Å². The molecule has 1 heterocycles. The highest BCUT2D eigenvalue weighted by Gasteiger charge is 2.43. The van der Waals surface area contributed by atoms with Gasteiger partial charge in [0.1, 0.15) is 5.60 Å². The number of ether oxygens (including phenoxy) is 2. The molecule has 2 aromatic rings. The van der Waals surface area contributed by atoms with Crippen LogP contribution in [0.4, 0.5) is 0 Å². The molecule has 1 unspecified atom stereocenters. The summed E-state index contributed by atoms with van der Waals surface area (Å²) in [7, 11) is 0. The van der Waals surface area contributed by atoms with Crippen molar-refractivity contribution in [1.29, 1.82) is 0 Å². The Morgan fingerprint density at radius 1 is 1.08 bits per heavy atom. The van der Waals surface area contributed by atoms with Gasteiger partial charge in [-0.05, 0) is 63.1 Å². The van der Waals surface area contributed by atoms with E-state index in [0.29, 0.717) is 12.3 Å². The van der Waals surface area contributed by atoms with Gasteiger partial charge in [0.15, 0.2) is 5.79 Å². The molecule has 5 heteroatoms. The Hall–Kier alpha value is -1.82. The van der Waals surface area contributed by atoms with Gasteiger partial charge in [0, 0.05) is 9.79 Å². The summed E-state index contributed by atoms with van der Waals surface area (Å²) in [6, 6.07) is 16.4. The second kappa shape index (κ2) is 6.83. The van der Waals surface area contributed by atoms with Crippen LogP contribution in [-0.4, -0.2) is 23.3 Å². The van der Waals surface area contributed by atoms with Crippen LogP contribution in [0.15, 0.2) is 63.5 Å². The molecule has 132 valence electrons. The van der Waals surface area contributed by atoms with Crippen molar-refractivity contribution in [2.24, 2.45) is 5.16 Å². The van der Waals surface area contributed by atoms with Crippen molar-refractivity contribution in [3.05, 3.63) is 59.7 Å². The lowest BCUT2D eigenvalue weighted by atomic mass is 9.97. The second-order valence-electron chi connectivity index (χ2n) is 6.86.